The van der Waals surface area contributed by atoms with E-state index in [1.54, 1.807) is 13.3 Å². The number of rotatable bonds is 5. The second kappa shape index (κ2) is 6.90. The molecule has 0 saturated heterocycles. The van der Waals surface area contributed by atoms with Gasteiger partial charge in [0.25, 0.3) is 0 Å². The summed E-state index contributed by atoms with van der Waals surface area (Å²) in [5.74, 6) is 2.35. The smallest absolute Gasteiger partial charge is 0.247 e. The Morgan fingerprint density at radius 3 is 2.68 bits per heavy atom. The highest BCUT2D eigenvalue weighted by atomic mass is 32.2. The zero-order chi connectivity index (χ0) is 17.1. The number of fused-ring (bicyclic) bond motifs is 1. The largest absolute Gasteiger partial charge is 0.497 e. The van der Waals surface area contributed by atoms with Crippen LogP contribution in [0.5, 0.6) is 5.75 Å². The summed E-state index contributed by atoms with van der Waals surface area (Å²) in [5, 5.41) is 19.5. The van der Waals surface area contributed by atoms with E-state index >= 15 is 0 Å². The zero-order valence-electron chi connectivity index (χ0n) is 13.4. The number of aromatic nitrogens is 4. The Balaban J connectivity index is 1.51. The Morgan fingerprint density at radius 2 is 1.84 bits per heavy atom. The number of ether oxygens (including phenoxy) is 1. The van der Waals surface area contributed by atoms with Crippen molar-refractivity contribution in [3.63, 3.8) is 0 Å². The van der Waals surface area contributed by atoms with Gasteiger partial charge in [0, 0.05) is 16.3 Å². The van der Waals surface area contributed by atoms with E-state index in [2.05, 4.69) is 20.4 Å². The summed E-state index contributed by atoms with van der Waals surface area (Å²) in [7, 11) is 1.63. The van der Waals surface area contributed by atoms with Crippen molar-refractivity contribution in [2.45, 2.75) is 10.8 Å². The van der Waals surface area contributed by atoms with Crippen molar-refractivity contribution >= 4 is 22.5 Å². The molecule has 0 saturated carbocycles. The molecule has 124 valence electrons. The second-order valence-electron chi connectivity index (χ2n) is 5.26. The molecule has 0 unspecified atom stereocenters. The van der Waals surface area contributed by atoms with Gasteiger partial charge in [-0.25, -0.2) is 0 Å². The fourth-order valence-electron chi connectivity index (χ4n) is 2.40. The van der Waals surface area contributed by atoms with Crippen LogP contribution in [0.1, 0.15) is 5.89 Å². The monoisotopic (exact) mass is 350 g/mol. The molecule has 0 aliphatic rings. The van der Waals surface area contributed by atoms with Gasteiger partial charge in [-0.15, -0.1) is 15.3 Å². The molecule has 7 heteroatoms. The maximum absolute atomic E-state index is 5.74. The fraction of sp³-hybridized carbons (Fsp3) is 0.111. The van der Waals surface area contributed by atoms with Crippen molar-refractivity contribution in [1.82, 2.24) is 20.4 Å². The minimum atomic E-state index is 0.488. The van der Waals surface area contributed by atoms with Crippen molar-refractivity contribution < 1.29 is 9.15 Å². The number of thioether (sulfide) groups is 1. The molecule has 0 amide bonds. The fourth-order valence-corrected chi connectivity index (χ4v) is 3.22. The van der Waals surface area contributed by atoms with Gasteiger partial charge in [-0.2, -0.15) is 5.10 Å². The maximum atomic E-state index is 5.74. The average Bonchev–Trinajstić information content (AvgIpc) is 3.15. The van der Waals surface area contributed by atoms with E-state index in [0.717, 1.165) is 27.1 Å². The molecule has 2 heterocycles. The third-order valence-corrected chi connectivity index (χ3v) is 4.64. The lowest BCUT2D eigenvalue weighted by Crippen LogP contribution is -1.88. The van der Waals surface area contributed by atoms with Gasteiger partial charge < -0.3 is 9.15 Å². The van der Waals surface area contributed by atoms with Crippen LogP contribution in [-0.4, -0.2) is 27.5 Å². The molecular weight excluding hydrogens is 336 g/mol. The molecule has 0 N–H and O–H groups in total. The van der Waals surface area contributed by atoms with Gasteiger partial charge in [-0.1, -0.05) is 36.0 Å². The first-order chi connectivity index (χ1) is 12.3. The lowest BCUT2D eigenvalue weighted by molar-refractivity contribution is 0.415. The van der Waals surface area contributed by atoms with E-state index in [-0.39, 0.29) is 0 Å². The Kier molecular flexibility index (Phi) is 4.30. The minimum Gasteiger partial charge on any atom is -0.497 e. The molecule has 0 radical (unpaired) electrons. The van der Waals surface area contributed by atoms with Gasteiger partial charge >= 0.3 is 0 Å². The Bertz CT molecular complexity index is 996. The SMILES string of the molecule is COc1ccc(-c2nnc(CSc3nncc4ccccc34)o2)cc1. The summed E-state index contributed by atoms with van der Waals surface area (Å²) in [6.45, 7) is 0. The molecule has 4 rings (SSSR count). The minimum absolute atomic E-state index is 0.488. The zero-order valence-corrected chi connectivity index (χ0v) is 14.2. The van der Waals surface area contributed by atoms with Crippen molar-refractivity contribution in [3.8, 4) is 17.2 Å². The molecule has 6 nitrogen and oxygen atoms in total. The molecule has 0 spiro atoms. The lowest BCUT2D eigenvalue weighted by atomic mass is 10.2. The van der Waals surface area contributed by atoms with Crippen LogP contribution in [0.3, 0.4) is 0 Å². The normalized spacial score (nSPS) is 10.9. The van der Waals surface area contributed by atoms with Crippen molar-refractivity contribution in [1.29, 1.82) is 0 Å². The highest BCUT2D eigenvalue weighted by Gasteiger charge is 2.11. The molecule has 2 aromatic heterocycles. The molecule has 4 aromatic rings. The maximum Gasteiger partial charge on any atom is 0.247 e. The van der Waals surface area contributed by atoms with Crippen LogP contribution in [0.25, 0.3) is 22.2 Å². The van der Waals surface area contributed by atoms with Gasteiger partial charge in [0.15, 0.2) is 0 Å². The summed E-state index contributed by atoms with van der Waals surface area (Å²) in [6, 6.07) is 15.5. The number of benzene rings is 2. The first kappa shape index (κ1) is 15.6. The molecule has 2 aromatic carbocycles. The first-order valence-corrected chi connectivity index (χ1v) is 8.62. The average molecular weight is 350 g/mol. The molecule has 0 aliphatic carbocycles. The van der Waals surface area contributed by atoms with Crippen LogP contribution in [-0.2, 0) is 5.75 Å². The van der Waals surface area contributed by atoms with E-state index in [0.29, 0.717) is 17.5 Å². The standard InChI is InChI=1S/C18H14N4O2S/c1-23-14-8-6-12(7-9-14)17-21-20-16(24-17)11-25-18-15-5-3-2-4-13(15)10-19-22-18/h2-10H,11H2,1H3. The molecule has 0 fully saturated rings. The summed E-state index contributed by atoms with van der Waals surface area (Å²) < 4.78 is 10.9. The van der Waals surface area contributed by atoms with Gasteiger partial charge in [-0.05, 0) is 24.3 Å². The molecule has 0 bridgehead atoms. The molecule has 0 aliphatic heterocycles. The third-order valence-electron chi connectivity index (χ3n) is 3.67. The van der Waals surface area contributed by atoms with Crippen LogP contribution in [0.4, 0.5) is 0 Å². The Morgan fingerprint density at radius 1 is 1.00 bits per heavy atom. The highest BCUT2D eigenvalue weighted by molar-refractivity contribution is 7.98. The van der Waals surface area contributed by atoms with E-state index in [1.807, 2.05) is 48.5 Å². The van der Waals surface area contributed by atoms with Crippen LogP contribution in [0, 0.1) is 0 Å². The number of hydrogen-bond donors (Lipinski definition) is 0. The Hall–Kier alpha value is -2.93. The van der Waals surface area contributed by atoms with Crippen LogP contribution in [0.2, 0.25) is 0 Å². The van der Waals surface area contributed by atoms with E-state index in [4.69, 9.17) is 9.15 Å². The number of nitrogens with zero attached hydrogens (tertiary/aromatic N) is 4. The number of methoxy groups -OCH3 is 1. The van der Waals surface area contributed by atoms with Crippen LogP contribution < -0.4 is 4.74 Å². The number of hydrogen-bond acceptors (Lipinski definition) is 7. The predicted molar refractivity (Wildman–Crippen MR) is 95.4 cm³/mol. The van der Waals surface area contributed by atoms with Crippen molar-refractivity contribution in [2.75, 3.05) is 7.11 Å². The third kappa shape index (κ3) is 3.32. The lowest BCUT2D eigenvalue weighted by Gasteiger charge is -2.02. The molecule has 0 atom stereocenters. The summed E-state index contributed by atoms with van der Waals surface area (Å²) >= 11 is 1.53. The topological polar surface area (TPSA) is 73.9 Å². The van der Waals surface area contributed by atoms with Crippen LogP contribution in [0.15, 0.2) is 64.2 Å². The highest BCUT2D eigenvalue weighted by Crippen LogP contribution is 2.28. The van der Waals surface area contributed by atoms with Gasteiger partial charge in [-0.3, -0.25) is 0 Å². The summed E-state index contributed by atoms with van der Waals surface area (Å²) in [4.78, 5) is 0. The Labute approximate surface area is 148 Å². The summed E-state index contributed by atoms with van der Waals surface area (Å²) in [6.07, 6.45) is 1.76. The van der Waals surface area contributed by atoms with Gasteiger partial charge in [0.1, 0.15) is 10.8 Å². The van der Waals surface area contributed by atoms with E-state index in [9.17, 15) is 0 Å². The van der Waals surface area contributed by atoms with Crippen LogP contribution >= 0.6 is 11.8 Å². The predicted octanol–water partition coefficient (Wildman–Crippen LogP) is 3.98. The van der Waals surface area contributed by atoms with Gasteiger partial charge in [0.2, 0.25) is 11.8 Å². The van der Waals surface area contributed by atoms with Gasteiger partial charge in [0.05, 0.1) is 19.1 Å². The second-order valence-corrected chi connectivity index (χ2v) is 6.22. The van der Waals surface area contributed by atoms with E-state index in [1.165, 1.54) is 11.8 Å². The van der Waals surface area contributed by atoms with E-state index < -0.39 is 0 Å². The quantitative estimate of drug-likeness (QED) is 0.504. The molecular formula is C18H14N4O2S. The first-order valence-electron chi connectivity index (χ1n) is 7.63. The van der Waals surface area contributed by atoms with Crippen molar-refractivity contribution in [2.24, 2.45) is 0 Å². The van der Waals surface area contributed by atoms with Crippen molar-refractivity contribution in [3.05, 3.63) is 60.6 Å². The molecule has 25 heavy (non-hydrogen) atoms. The summed E-state index contributed by atoms with van der Waals surface area (Å²) in [5.41, 5.74) is 0.856.